The molecule has 0 radical (unpaired) electrons. The minimum Gasteiger partial charge on any atom is -0.357 e. The number of fused-ring (bicyclic) bond motifs is 3. The number of anilines is 3. The maximum absolute atomic E-state index is 15.5. The summed E-state index contributed by atoms with van der Waals surface area (Å²) in [6.07, 6.45) is 3.55. The van der Waals surface area contributed by atoms with Crippen molar-refractivity contribution in [3.63, 3.8) is 0 Å². The van der Waals surface area contributed by atoms with Gasteiger partial charge in [0.05, 0.1) is 12.2 Å². The highest BCUT2D eigenvalue weighted by Crippen LogP contribution is 2.38. The van der Waals surface area contributed by atoms with E-state index in [1.54, 1.807) is 26.2 Å². The quantitative estimate of drug-likeness (QED) is 0.788. The number of nitrogens with one attached hydrogen (secondary N) is 2. The number of aromatic nitrogens is 2. The lowest BCUT2D eigenvalue weighted by molar-refractivity contribution is -0.111. The molecule has 0 aliphatic carbocycles. The zero-order valence-corrected chi connectivity index (χ0v) is 16.3. The summed E-state index contributed by atoms with van der Waals surface area (Å²) < 4.78 is 15.5. The van der Waals surface area contributed by atoms with Gasteiger partial charge in [-0.2, -0.15) is 4.98 Å². The molecule has 4 rings (SSSR count). The van der Waals surface area contributed by atoms with E-state index < -0.39 is 11.7 Å². The molecule has 2 aliphatic heterocycles. The first kappa shape index (κ1) is 18.6. The normalized spacial score (nSPS) is 14.1. The predicted octanol–water partition coefficient (Wildman–Crippen LogP) is 2.70. The molecular formula is C21H19FN6O. The standard InChI is InChI=1S/C21H19FN6O/c1-4-5-16(29)26-15-7-6-12(2)17(18(15)22)14-10-13-11-25-21(23-3)27-19(13)28-9-8-24-20(14)28/h6-7,10-11H,8-9H2,1-3H3,(H,26,29)(H,23,25,27). The molecule has 1 aromatic heterocycles. The van der Waals surface area contributed by atoms with Gasteiger partial charge in [-0.3, -0.25) is 9.79 Å². The van der Waals surface area contributed by atoms with Gasteiger partial charge >= 0.3 is 0 Å². The SMILES string of the molecule is CC#CC(=O)Nc1ccc(C)c(C2=Cc3cnc(NC)nc3N3CCN=C23)c1F. The Hall–Kier alpha value is -3.73. The smallest absolute Gasteiger partial charge is 0.300 e. The Morgan fingerprint density at radius 1 is 1.34 bits per heavy atom. The molecule has 1 aromatic carbocycles. The maximum Gasteiger partial charge on any atom is 0.300 e. The fourth-order valence-corrected chi connectivity index (χ4v) is 3.48. The van der Waals surface area contributed by atoms with Crippen molar-refractivity contribution < 1.29 is 9.18 Å². The summed E-state index contributed by atoms with van der Waals surface area (Å²) >= 11 is 0. The molecule has 0 unspecified atom stereocenters. The fourth-order valence-electron chi connectivity index (χ4n) is 3.48. The molecule has 1 amide bonds. The number of benzene rings is 1. The second kappa shape index (κ2) is 7.36. The lowest BCUT2D eigenvalue weighted by Gasteiger charge is -2.28. The molecule has 0 saturated heterocycles. The van der Waals surface area contributed by atoms with Crippen LogP contribution in [0.15, 0.2) is 23.3 Å². The number of carbonyl (C=O) groups is 1. The molecule has 146 valence electrons. The van der Waals surface area contributed by atoms with Gasteiger partial charge in [0.25, 0.3) is 5.91 Å². The van der Waals surface area contributed by atoms with E-state index in [1.807, 2.05) is 17.9 Å². The number of nitrogens with zero attached hydrogens (tertiary/aromatic N) is 4. The van der Waals surface area contributed by atoms with Crippen LogP contribution in [0.4, 0.5) is 21.8 Å². The summed E-state index contributed by atoms with van der Waals surface area (Å²) in [5.74, 6) is 5.70. The van der Waals surface area contributed by atoms with E-state index in [0.29, 0.717) is 36.0 Å². The van der Waals surface area contributed by atoms with Gasteiger partial charge in [-0.15, -0.1) is 0 Å². The Labute approximate surface area is 167 Å². The number of hydrogen-bond acceptors (Lipinski definition) is 6. The minimum atomic E-state index is -0.558. The number of rotatable bonds is 3. The molecule has 0 atom stereocenters. The highest BCUT2D eigenvalue weighted by Gasteiger charge is 2.32. The Kier molecular flexibility index (Phi) is 4.72. The highest BCUT2D eigenvalue weighted by molar-refractivity contribution is 6.36. The molecule has 2 aliphatic rings. The number of aryl methyl sites for hydroxylation is 1. The van der Waals surface area contributed by atoms with E-state index in [1.165, 1.54) is 6.07 Å². The number of hydrogen-bond donors (Lipinski definition) is 2. The first-order valence-corrected chi connectivity index (χ1v) is 9.15. The van der Waals surface area contributed by atoms with Crippen LogP contribution in [0.5, 0.6) is 0 Å². The van der Waals surface area contributed by atoms with E-state index >= 15 is 4.39 Å². The maximum atomic E-state index is 15.5. The van der Waals surface area contributed by atoms with Crippen molar-refractivity contribution >= 4 is 40.8 Å². The average Bonchev–Trinajstić information content (AvgIpc) is 3.20. The summed E-state index contributed by atoms with van der Waals surface area (Å²) in [6.45, 7) is 4.62. The molecule has 0 fully saturated rings. The molecule has 7 nitrogen and oxygen atoms in total. The van der Waals surface area contributed by atoms with Crippen molar-refractivity contribution in [1.82, 2.24) is 9.97 Å². The lowest BCUT2D eigenvalue weighted by Crippen LogP contribution is -2.33. The van der Waals surface area contributed by atoms with Crippen molar-refractivity contribution in [3.8, 4) is 11.8 Å². The minimum absolute atomic E-state index is 0.0805. The Balaban J connectivity index is 1.86. The molecule has 2 N–H and O–H groups in total. The first-order valence-electron chi connectivity index (χ1n) is 9.15. The fraction of sp³-hybridized carbons (Fsp3) is 0.238. The molecule has 2 aromatic rings. The van der Waals surface area contributed by atoms with E-state index in [0.717, 1.165) is 16.9 Å². The van der Waals surface area contributed by atoms with Crippen LogP contribution in [0.1, 0.15) is 23.6 Å². The van der Waals surface area contributed by atoms with Crippen LogP contribution in [0.3, 0.4) is 0 Å². The van der Waals surface area contributed by atoms with Crippen LogP contribution in [0.25, 0.3) is 11.6 Å². The van der Waals surface area contributed by atoms with Gasteiger partial charge in [0, 0.05) is 36.5 Å². The van der Waals surface area contributed by atoms with Crippen molar-refractivity contribution in [2.24, 2.45) is 4.99 Å². The monoisotopic (exact) mass is 390 g/mol. The van der Waals surface area contributed by atoms with Crippen molar-refractivity contribution in [3.05, 3.63) is 40.8 Å². The van der Waals surface area contributed by atoms with Gasteiger partial charge < -0.3 is 15.5 Å². The molecule has 3 heterocycles. The zero-order valence-electron chi connectivity index (χ0n) is 16.3. The zero-order chi connectivity index (χ0) is 20.5. The molecule has 0 spiro atoms. The molecule has 8 heteroatoms. The third-order valence-corrected chi connectivity index (χ3v) is 4.76. The second-order valence-electron chi connectivity index (χ2n) is 6.59. The first-order chi connectivity index (χ1) is 14.0. The lowest BCUT2D eigenvalue weighted by atomic mass is 9.94. The Morgan fingerprint density at radius 3 is 2.93 bits per heavy atom. The van der Waals surface area contributed by atoms with Crippen LogP contribution in [0, 0.1) is 24.6 Å². The van der Waals surface area contributed by atoms with Crippen LogP contribution in [0.2, 0.25) is 0 Å². The summed E-state index contributed by atoms with van der Waals surface area (Å²) in [6, 6.07) is 3.31. The number of amidine groups is 1. The van der Waals surface area contributed by atoms with Crippen LogP contribution < -0.4 is 15.5 Å². The van der Waals surface area contributed by atoms with Crippen molar-refractivity contribution in [2.45, 2.75) is 13.8 Å². The molecular weight excluding hydrogens is 371 g/mol. The van der Waals surface area contributed by atoms with Crippen LogP contribution >= 0.6 is 0 Å². The highest BCUT2D eigenvalue weighted by atomic mass is 19.1. The number of halogens is 1. The third kappa shape index (κ3) is 3.21. The summed E-state index contributed by atoms with van der Waals surface area (Å²) in [4.78, 5) is 27.2. The Bertz CT molecular complexity index is 1140. The second-order valence-corrected chi connectivity index (χ2v) is 6.59. The number of carbonyl (C=O) groups excluding carboxylic acids is 1. The van der Waals surface area contributed by atoms with Gasteiger partial charge in [0.15, 0.2) is 5.82 Å². The Morgan fingerprint density at radius 2 is 2.17 bits per heavy atom. The molecule has 29 heavy (non-hydrogen) atoms. The third-order valence-electron chi connectivity index (χ3n) is 4.76. The largest absolute Gasteiger partial charge is 0.357 e. The van der Waals surface area contributed by atoms with E-state index in [9.17, 15) is 4.79 Å². The van der Waals surface area contributed by atoms with Gasteiger partial charge in [0.1, 0.15) is 11.7 Å². The van der Waals surface area contributed by atoms with Gasteiger partial charge in [-0.25, -0.2) is 9.37 Å². The summed E-state index contributed by atoms with van der Waals surface area (Å²) in [7, 11) is 1.76. The van der Waals surface area contributed by atoms with Gasteiger partial charge in [-0.1, -0.05) is 12.0 Å². The molecule has 0 saturated carbocycles. The summed E-state index contributed by atoms with van der Waals surface area (Å²) in [5, 5.41) is 5.44. The van der Waals surface area contributed by atoms with E-state index in [2.05, 4.69) is 37.4 Å². The predicted molar refractivity (Wildman–Crippen MR) is 112 cm³/mol. The number of aliphatic imine (C=N–C) groups is 1. The van der Waals surface area contributed by atoms with Crippen LogP contribution in [-0.4, -0.2) is 41.8 Å². The molecule has 0 bridgehead atoms. The average molecular weight is 390 g/mol. The number of amides is 1. The van der Waals surface area contributed by atoms with E-state index in [-0.39, 0.29) is 5.69 Å². The van der Waals surface area contributed by atoms with E-state index in [4.69, 9.17) is 0 Å². The van der Waals surface area contributed by atoms with Crippen LogP contribution in [-0.2, 0) is 4.79 Å². The van der Waals surface area contributed by atoms with Crippen molar-refractivity contribution in [2.75, 3.05) is 35.7 Å². The van der Waals surface area contributed by atoms with Crippen molar-refractivity contribution in [1.29, 1.82) is 0 Å². The van der Waals surface area contributed by atoms with Gasteiger partial charge in [-0.05, 0) is 37.5 Å². The topological polar surface area (TPSA) is 82.5 Å². The summed E-state index contributed by atoms with van der Waals surface area (Å²) in [5.41, 5.74) is 2.63. The van der Waals surface area contributed by atoms with Gasteiger partial charge in [0.2, 0.25) is 5.95 Å².